The highest BCUT2D eigenvalue weighted by atomic mass is 32.2. The van der Waals surface area contributed by atoms with Crippen LogP contribution in [0.15, 0.2) is 18.6 Å². The van der Waals surface area contributed by atoms with Gasteiger partial charge in [-0.2, -0.15) is 0 Å². The fourth-order valence-electron chi connectivity index (χ4n) is 4.10. The van der Waals surface area contributed by atoms with Gasteiger partial charge in [0.2, 0.25) is 0 Å². The molecule has 2 fully saturated rings. The van der Waals surface area contributed by atoms with Gasteiger partial charge in [0.25, 0.3) is 0 Å². The summed E-state index contributed by atoms with van der Waals surface area (Å²) in [5, 5.41) is 1.11. The predicted molar refractivity (Wildman–Crippen MR) is 114 cm³/mol. The van der Waals surface area contributed by atoms with Crippen LogP contribution in [0.3, 0.4) is 0 Å². The molecule has 1 aliphatic heterocycles. The van der Waals surface area contributed by atoms with Crippen molar-refractivity contribution in [1.82, 2.24) is 19.3 Å². The Labute approximate surface area is 171 Å². The summed E-state index contributed by atoms with van der Waals surface area (Å²) in [4.78, 5) is 14.3. The second-order valence-electron chi connectivity index (χ2n) is 7.83. The first-order valence-electron chi connectivity index (χ1n) is 10.2. The van der Waals surface area contributed by atoms with Crippen molar-refractivity contribution in [2.75, 3.05) is 51.1 Å². The monoisotopic (exact) mass is 405 g/mol. The van der Waals surface area contributed by atoms with Gasteiger partial charge in [-0.05, 0) is 37.7 Å². The minimum atomic E-state index is 0.409. The summed E-state index contributed by atoms with van der Waals surface area (Å²) in [5.41, 5.74) is 0.915. The topological polar surface area (TPSA) is 66.5 Å². The van der Waals surface area contributed by atoms with Crippen molar-refractivity contribution in [3.8, 4) is 0 Å². The summed E-state index contributed by atoms with van der Waals surface area (Å²) >= 11 is 2.03. The van der Waals surface area contributed by atoms with E-state index in [0.29, 0.717) is 25.4 Å². The Bertz CT molecular complexity index is 743. The van der Waals surface area contributed by atoms with Crippen LogP contribution in [0.5, 0.6) is 0 Å². The number of hydrogen-bond acceptors (Lipinski definition) is 7. The molecule has 0 aromatic carbocycles. The second-order valence-corrected chi connectivity index (χ2v) is 8.94. The number of methoxy groups -OCH3 is 1. The smallest absolute Gasteiger partial charge is 0.142 e. The minimum absolute atomic E-state index is 0.409. The van der Waals surface area contributed by atoms with Crippen molar-refractivity contribution < 1.29 is 9.47 Å². The maximum Gasteiger partial charge on any atom is 0.142 e. The Balaban J connectivity index is 1.16. The van der Waals surface area contributed by atoms with Crippen LogP contribution in [-0.4, -0.2) is 77.6 Å². The van der Waals surface area contributed by atoms with E-state index in [4.69, 9.17) is 9.47 Å². The van der Waals surface area contributed by atoms with Crippen molar-refractivity contribution in [3.63, 3.8) is 0 Å². The van der Waals surface area contributed by atoms with Gasteiger partial charge in [0.05, 0.1) is 24.7 Å². The maximum atomic E-state index is 5.86. The molecule has 1 saturated carbocycles. The lowest BCUT2D eigenvalue weighted by Crippen LogP contribution is -2.44. The standard InChI is InChI=1S/C20H31N5O2S/c1-24(20-18-3-6-21-19(18)22-14-23-20)16-11-15(12-16)13-28-25-7-4-17(5-8-25)27-10-9-26-2/h3,6,14-17H,4-5,7-13H2,1-2H3,(H,21,22,23). The number of piperidine rings is 1. The van der Waals surface area contributed by atoms with Crippen molar-refractivity contribution >= 4 is 28.8 Å². The molecule has 7 nitrogen and oxygen atoms in total. The second kappa shape index (κ2) is 9.43. The van der Waals surface area contributed by atoms with E-state index in [9.17, 15) is 0 Å². The molecule has 1 N–H and O–H groups in total. The average molecular weight is 406 g/mol. The summed E-state index contributed by atoms with van der Waals surface area (Å²) in [6.45, 7) is 3.67. The number of rotatable bonds is 9. The van der Waals surface area contributed by atoms with Crippen molar-refractivity contribution in [2.24, 2.45) is 5.92 Å². The molecule has 0 amide bonds. The van der Waals surface area contributed by atoms with Crippen LogP contribution < -0.4 is 4.90 Å². The van der Waals surface area contributed by atoms with Crippen LogP contribution in [0.4, 0.5) is 5.82 Å². The molecule has 0 radical (unpaired) electrons. The molecular weight excluding hydrogens is 374 g/mol. The lowest BCUT2D eigenvalue weighted by Gasteiger charge is -2.42. The van der Waals surface area contributed by atoms with Gasteiger partial charge in [0.15, 0.2) is 0 Å². The molecule has 0 spiro atoms. The van der Waals surface area contributed by atoms with Crippen molar-refractivity contribution in [3.05, 3.63) is 18.6 Å². The first-order valence-corrected chi connectivity index (χ1v) is 11.2. The molecule has 2 aromatic heterocycles. The number of nitrogens with zero attached hydrogens (tertiary/aromatic N) is 4. The van der Waals surface area contributed by atoms with Gasteiger partial charge in [-0.1, -0.05) is 11.9 Å². The predicted octanol–water partition coefficient (Wildman–Crippen LogP) is 2.95. The first-order chi connectivity index (χ1) is 13.7. The fourth-order valence-corrected chi connectivity index (χ4v) is 5.27. The Hall–Kier alpha value is -1.35. The summed E-state index contributed by atoms with van der Waals surface area (Å²) in [7, 11) is 3.89. The highest BCUT2D eigenvalue weighted by molar-refractivity contribution is 7.97. The number of aromatic amines is 1. The molecule has 0 unspecified atom stereocenters. The molecule has 4 rings (SSSR count). The molecule has 0 bridgehead atoms. The van der Waals surface area contributed by atoms with Gasteiger partial charge in [0.1, 0.15) is 17.8 Å². The van der Waals surface area contributed by atoms with Crippen LogP contribution in [0.25, 0.3) is 11.0 Å². The van der Waals surface area contributed by atoms with Crippen LogP contribution in [0, 0.1) is 5.92 Å². The highest BCUT2D eigenvalue weighted by Crippen LogP contribution is 2.37. The zero-order chi connectivity index (χ0) is 19.3. The number of anilines is 1. The van der Waals surface area contributed by atoms with Crippen molar-refractivity contribution in [1.29, 1.82) is 0 Å². The normalized spacial score (nSPS) is 23.8. The summed E-state index contributed by atoms with van der Waals surface area (Å²) < 4.78 is 13.4. The van der Waals surface area contributed by atoms with Gasteiger partial charge in [-0.3, -0.25) is 4.31 Å². The summed E-state index contributed by atoms with van der Waals surface area (Å²) in [6, 6.07) is 2.65. The molecule has 1 saturated heterocycles. The number of aromatic nitrogens is 3. The molecule has 1 aliphatic carbocycles. The number of nitrogens with one attached hydrogen (secondary N) is 1. The van der Waals surface area contributed by atoms with Gasteiger partial charge < -0.3 is 19.4 Å². The lowest BCUT2D eigenvalue weighted by atomic mass is 9.81. The third-order valence-electron chi connectivity index (χ3n) is 5.96. The molecule has 28 heavy (non-hydrogen) atoms. The Morgan fingerprint density at radius 1 is 1.25 bits per heavy atom. The van der Waals surface area contributed by atoms with E-state index in [1.165, 1.54) is 18.6 Å². The SMILES string of the molecule is COCCOC1CCN(SCC2CC(N(C)c3ncnc4[nH]ccc34)C2)CC1. The van der Waals surface area contributed by atoms with Gasteiger partial charge in [-0.15, -0.1) is 0 Å². The molecule has 8 heteroatoms. The molecular formula is C20H31N5O2S. The van der Waals surface area contributed by atoms with Crippen molar-refractivity contribution in [2.45, 2.75) is 37.8 Å². The summed E-state index contributed by atoms with van der Waals surface area (Å²) in [5.74, 6) is 3.07. The van der Waals surface area contributed by atoms with E-state index in [0.717, 1.165) is 48.7 Å². The number of fused-ring (bicyclic) bond motifs is 1. The van der Waals surface area contributed by atoms with E-state index in [1.54, 1.807) is 13.4 Å². The van der Waals surface area contributed by atoms with Crippen LogP contribution in [0.2, 0.25) is 0 Å². The van der Waals surface area contributed by atoms with Crippen LogP contribution in [-0.2, 0) is 9.47 Å². The van der Waals surface area contributed by atoms with E-state index in [2.05, 4.69) is 37.3 Å². The van der Waals surface area contributed by atoms with E-state index < -0.39 is 0 Å². The zero-order valence-electron chi connectivity index (χ0n) is 16.8. The summed E-state index contributed by atoms with van der Waals surface area (Å²) in [6.07, 6.45) is 8.75. The fraction of sp³-hybridized carbons (Fsp3) is 0.700. The van der Waals surface area contributed by atoms with E-state index in [1.807, 2.05) is 18.1 Å². The lowest BCUT2D eigenvalue weighted by molar-refractivity contribution is -0.00415. The molecule has 154 valence electrons. The third-order valence-corrected chi connectivity index (χ3v) is 7.31. The van der Waals surface area contributed by atoms with Gasteiger partial charge >= 0.3 is 0 Å². The van der Waals surface area contributed by atoms with Gasteiger partial charge in [0, 0.05) is 45.2 Å². The number of H-pyrrole nitrogens is 1. The molecule has 0 atom stereocenters. The molecule has 2 aromatic rings. The van der Waals surface area contributed by atoms with E-state index >= 15 is 0 Å². The quantitative estimate of drug-likeness (QED) is 0.508. The Kier molecular flexibility index (Phi) is 6.72. The minimum Gasteiger partial charge on any atom is -0.382 e. The Morgan fingerprint density at radius 3 is 2.86 bits per heavy atom. The van der Waals surface area contributed by atoms with Crippen LogP contribution >= 0.6 is 11.9 Å². The first kappa shape index (κ1) is 19.9. The van der Waals surface area contributed by atoms with Gasteiger partial charge in [-0.25, -0.2) is 9.97 Å². The Morgan fingerprint density at radius 2 is 2.07 bits per heavy atom. The highest BCUT2D eigenvalue weighted by Gasteiger charge is 2.34. The molecule has 2 aliphatic rings. The maximum absolute atomic E-state index is 5.86. The third kappa shape index (κ3) is 4.62. The number of hydrogen-bond donors (Lipinski definition) is 1. The number of ether oxygens (including phenoxy) is 2. The zero-order valence-corrected chi connectivity index (χ0v) is 17.7. The average Bonchev–Trinajstić information content (AvgIpc) is 3.17. The van der Waals surface area contributed by atoms with E-state index in [-0.39, 0.29) is 0 Å². The largest absolute Gasteiger partial charge is 0.382 e. The van der Waals surface area contributed by atoms with Crippen LogP contribution in [0.1, 0.15) is 25.7 Å². The molecule has 3 heterocycles.